The zero-order chi connectivity index (χ0) is 20.5. The minimum Gasteiger partial charge on any atom is -0.478 e. The van der Waals surface area contributed by atoms with Gasteiger partial charge in [-0.25, -0.2) is 19.7 Å². The summed E-state index contributed by atoms with van der Waals surface area (Å²) < 4.78 is 5.57. The van der Waals surface area contributed by atoms with Crippen molar-refractivity contribution in [3.05, 3.63) is 66.2 Å². The van der Waals surface area contributed by atoms with Crippen LogP contribution < -0.4 is 11.5 Å². The Balaban J connectivity index is 1.92. The molecule has 0 bridgehead atoms. The quantitative estimate of drug-likeness (QED) is 0.451. The van der Waals surface area contributed by atoms with E-state index in [0.717, 1.165) is 5.56 Å². The number of nitrogens with two attached hydrogens (primary N) is 2. The van der Waals surface area contributed by atoms with Crippen molar-refractivity contribution in [3.63, 3.8) is 0 Å². The van der Waals surface area contributed by atoms with Gasteiger partial charge in [-0.2, -0.15) is 0 Å². The van der Waals surface area contributed by atoms with Gasteiger partial charge in [-0.1, -0.05) is 24.3 Å². The van der Waals surface area contributed by atoms with Gasteiger partial charge < -0.3 is 21.0 Å². The molecule has 5 N–H and O–H groups in total. The molecule has 0 unspecified atom stereocenters. The van der Waals surface area contributed by atoms with Gasteiger partial charge in [-0.3, -0.25) is 0 Å². The van der Waals surface area contributed by atoms with E-state index in [-0.39, 0.29) is 11.4 Å². The Bertz CT molecular complexity index is 1200. The highest BCUT2D eigenvalue weighted by Gasteiger charge is 2.19. The topological polar surface area (TPSA) is 141 Å². The molecule has 0 saturated carbocycles. The molecule has 4 aromatic rings. The van der Waals surface area contributed by atoms with Gasteiger partial charge in [0.25, 0.3) is 0 Å². The molecule has 2 aromatic carbocycles. The van der Waals surface area contributed by atoms with E-state index in [1.165, 1.54) is 12.1 Å². The molecule has 2 heterocycles. The molecule has 0 spiro atoms. The number of hydrogen-bond donors (Lipinski definition) is 3. The van der Waals surface area contributed by atoms with Crippen molar-refractivity contribution in [2.75, 3.05) is 11.5 Å². The average molecular weight is 387 g/mol. The van der Waals surface area contributed by atoms with Crippen molar-refractivity contribution in [1.29, 1.82) is 0 Å². The van der Waals surface area contributed by atoms with E-state index < -0.39 is 5.97 Å². The summed E-state index contributed by atoms with van der Waals surface area (Å²) in [5.41, 5.74) is 15.7. The SMILES string of the molecule is Cc1ncc(-c2nc(-c3ccc(N)cc3)c(-c3ccc(C(=O)O)cc3)nc2N)o1. The number of nitrogens with zero attached hydrogens (tertiary/aromatic N) is 3. The van der Waals surface area contributed by atoms with E-state index in [0.29, 0.717) is 40.0 Å². The standard InChI is InChI=1S/C21H17N5O3/c1-11-24-10-16(29-11)19-20(23)26-18(12-2-4-14(5-3-12)21(27)28)17(25-19)13-6-8-15(22)9-7-13/h2-10H,22H2,1H3,(H2,23,26)(H,27,28). The highest BCUT2D eigenvalue weighted by Crippen LogP contribution is 2.34. The highest BCUT2D eigenvalue weighted by atomic mass is 16.4. The molecule has 2 aromatic heterocycles. The van der Waals surface area contributed by atoms with Crippen molar-refractivity contribution in [2.24, 2.45) is 0 Å². The lowest BCUT2D eigenvalue weighted by atomic mass is 10.0. The first kappa shape index (κ1) is 18.2. The maximum absolute atomic E-state index is 11.2. The van der Waals surface area contributed by atoms with Crippen LogP contribution >= 0.6 is 0 Å². The van der Waals surface area contributed by atoms with Crippen molar-refractivity contribution < 1.29 is 14.3 Å². The summed E-state index contributed by atoms with van der Waals surface area (Å²) in [4.78, 5) is 24.5. The first-order valence-electron chi connectivity index (χ1n) is 8.72. The summed E-state index contributed by atoms with van der Waals surface area (Å²) in [5.74, 6) is 0.0788. The molecule has 0 radical (unpaired) electrons. The van der Waals surface area contributed by atoms with Gasteiger partial charge >= 0.3 is 5.97 Å². The monoisotopic (exact) mass is 387 g/mol. The van der Waals surface area contributed by atoms with Gasteiger partial charge in [-0.05, 0) is 24.3 Å². The average Bonchev–Trinajstić information content (AvgIpc) is 3.14. The van der Waals surface area contributed by atoms with Crippen molar-refractivity contribution >= 4 is 17.5 Å². The Labute approximate surface area is 165 Å². The van der Waals surface area contributed by atoms with E-state index in [1.807, 2.05) is 12.1 Å². The maximum atomic E-state index is 11.2. The van der Waals surface area contributed by atoms with Crippen LogP contribution in [0.1, 0.15) is 16.2 Å². The number of rotatable bonds is 4. The van der Waals surface area contributed by atoms with Gasteiger partial charge in [-0.15, -0.1) is 0 Å². The fourth-order valence-electron chi connectivity index (χ4n) is 2.91. The minimum absolute atomic E-state index is 0.178. The van der Waals surface area contributed by atoms with Gasteiger partial charge in [0, 0.05) is 23.7 Å². The molecule has 4 rings (SSSR count). The molecule has 0 amide bonds. The third kappa shape index (κ3) is 3.51. The molecule has 144 valence electrons. The first-order valence-corrected chi connectivity index (χ1v) is 8.72. The highest BCUT2D eigenvalue weighted by molar-refractivity contribution is 5.89. The number of hydrogen-bond acceptors (Lipinski definition) is 7. The maximum Gasteiger partial charge on any atom is 0.335 e. The Morgan fingerprint density at radius 2 is 1.48 bits per heavy atom. The van der Waals surface area contributed by atoms with Crippen LogP contribution in [0.5, 0.6) is 0 Å². The zero-order valence-electron chi connectivity index (χ0n) is 15.5. The number of benzene rings is 2. The summed E-state index contributed by atoms with van der Waals surface area (Å²) in [5, 5.41) is 9.14. The van der Waals surface area contributed by atoms with Crippen LogP contribution in [0.4, 0.5) is 11.5 Å². The zero-order valence-corrected chi connectivity index (χ0v) is 15.5. The molecule has 0 saturated heterocycles. The molecule has 29 heavy (non-hydrogen) atoms. The van der Waals surface area contributed by atoms with Crippen LogP contribution in [0.2, 0.25) is 0 Å². The number of carbonyl (C=O) groups is 1. The summed E-state index contributed by atoms with van der Waals surface area (Å²) >= 11 is 0. The second-order valence-electron chi connectivity index (χ2n) is 6.40. The normalized spacial score (nSPS) is 10.8. The largest absolute Gasteiger partial charge is 0.478 e. The third-order valence-electron chi connectivity index (χ3n) is 4.37. The van der Waals surface area contributed by atoms with Crippen molar-refractivity contribution in [2.45, 2.75) is 6.92 Å². The Morgan fingerprint density at radius 3 is 2.03 bits per heavy atom. The number of aryl methyl sites for hydroxylation is 1. The molecule has 8 heteroatoms. The lowest BCUT2D eigenvalue weighted by molar-refractivity contribution is 0.0697. The molecule has 0 aliphatic carbocycles. The fourth-order valence-corrected chi connectivity index (χ4v) is 2.91. The molecule has 0 aliphatic heterocycles. The van der Waals surface area contributed by atoms with E-state index in [9.17, 15) is 4.79 Å². The summed E-state index contributed by atoms with van der Waals surface area (Å²) in [6, 6.07) is 13.6. The number of aromatic carboxylic acids is 1. The Hall–Kier alpha value is -4.20. The first-order chi connectivity index (χ1) is 13.9. The lowest BCUT2D eigenvalue weighted by Crippen LogP contribution is -2.03. The van der Waals surface area contributed by atoms with Crippen LogP contribution in [0.15, 0.2) is 59.1 Å². The second kappa shape index (κ2) is 7.08. The summed E-state index contributed by atoms with van der Waals surface area (Å²) in [6.45, 7) is 1.73. The number of anilines is 2. The molecular formula is C21H17N5O3. The Kier molecular flexibility index (Phi) is 4.44. The van der Waals surface area contributed by atoms with Gasteiger partial charge in [0.1, 0.15) is 0 Å². The number of carboxylic acid groups (broad SMARTS) is 1. The van der Waals surface area contributed by atoms with Gasteiger partial charge in [0.05, 0.1) is 23.1 Å². The van der Waals surface area contributed by atoms with Crippen LogP contribution in [0.3, 0.4) is 0 Å². The summed E-state index contributed by atoms with van der Waals surface area (Å²) in [7, 11) is 0. The van der Waals surface area contributed by atoms with Gasteiger partial charge in [0.15, 0.2) is 23.2 Å². The second-order valence-corrected chi connectivity index (χ2v) is 6.40. The molecule has 0 aliphatic rings. The van der Waals surface area contributed by atoms with E-state index >= 15 is 0 Å². The van der Waals surface area contributed by atoms with Gasteiger partial charge in [0.2, 0.25) is 0 Å². The predicted octanol–water partition coefficient (Wildman–Crippen LogP) is 3.64. The van der Waals surface area contributed by atoms with Crippen LogP contribution in [0.25, 0.3) is 34.0 Å². The molecule has 0 fully saturated rings. The van der Waals surface area contributed by atoms with Crippen molar-refractivity contribution in [3.8, 4) is 34.0 Å². The molecule has 8 nitrogen and oxygen atoms in total. The third-order valence-corrected chi connectivity index (χ3v) is 4.37. The number of oxazole rings is 1. The minimum atomic E-state index is -1.00. The van der Waals surface area contributed by atoms with Crippen molar-refractivity contribution in [1.82, 2.24) is 15.0 Å². The van der Waals surface area contributed by atoms with E-state index in [2.05, 4.69) is 9.97 Å². The number of aromatic nitrogens is 3. The van der Waals surface area contributed by atoms with Crippen LogP contribution in [-0.2, 0) is 0 Å². The van der Waals surface area contributed by atoms with E-state index in [1.54, 1.807) is 37.4 Å². The summed E-state index contributed by atoms with van der Waals surface area (Å²) in [6.07, 6.45) is 1.55. The van der Waals surface area contributed by atoms with Crippen LogP contribution in [-0.4, -0.2) is 26.0 Å². The number of carboxylic acids is 1. The predicted molar refractivity (Wildman–Crippen MR) is 109 cm³/mol. The smallest absolute Gasteiger partial charge is 0.335 e. The van der Waals surface area contributed by atoms with E-state index in [4.69, 9.17) is 26.0 Å². The Morgan fingerprint density at radius 1 is 0.897 bits per heavy atom. The number of nitrogen functional groups attached to an aromatic ring is 2. The lowest BCUT2D eigenvalue weighted by Gasteiger charge is -2.12. The molecule has 0 atom stereocenters. The molecular weight excluding hydrogens is 370 g/mol. The fraction of sp³-hybridized carbons (Fsp3) is 0.0476. The van der Waals surface area contributed by atoms with Crippen LogP contribution in [0, 0.1) is 6.92 Å².